The van der Waals surface area contributed by atoms with Crippen LogP contribution in [0.1, 0.15) is 12.8 Å². The van der Waals surface area contributed by atoms with Crippen molar-refractivity contribution in [3.05, 3.63) is 36.0 Å². The number of rotatable bonds is 6. The first-order valence-electron chi connectivity index (χ1n) is 8.38. The molecule has 1 saturated heterocycles. The first-order valence-corrected chi connectivity index (χ1v) is 8.38. The molecule has 7 heteroatoms. The van der Waals surface area contributed by atoms with E-state index in [1.54, 1.807) is 0 Å². The van der Waals surface area contributed by atoms with Crippen molar-refractivity contribution in [2.75, 3.05) is 26.3 Å². The predicted octanol–water partition coefficient (Wildman–Crippen LogP) is 1.12. The number of benzene rings is 1. The zero-order chi connectivity index (χ0) is 17.5. The lowest BCUT2D eigenvalue weighted by Gasteiger charge is -2.26. The molecule has 1 aromatic rings. The number of ether oxygens (including phenoxy) is 3. The number of hydrogen-bond acceptors (Lipinski definition) is 6. The number of nitrogens with zero attached hydrogens (tertiary/aromatic N) is 1. The van der Waals surface area contributed by atoms with E-state index in [0.717, 1.165) is 25.2 Å². The van der Waals surface area contributed by atoms with E-state index in [1.165, 1.54) is 6.20 Å². The molecule has 0 radical (unpaired) electrons. The van der Waals surface area contributed by atoms with Crippen LogP contribution in [0, 0.1) is 11.3 Å². The molecule has 1 fully saturated rings. The lowest BCUT2D eigenvalue weighted by atomic mass is 10.2. The molecule has 7 nitrogen and oxygen atoms in total. The van der Waals surface area contributed by atoms with Crippen LogP contribution in [-0.4, -0.2) is 44.4 Å². The molecule has 0 aliphatic carbocycles. The van der Waals surface area contributed by atoms with Gasteiger partial charge in [0.25, 0.3) is 5.91 Å². The zero-order valence-corrected chi connectivity index (χ0v) is 13.9. The molecule has 1 amide bonds. The molecule has 3 rings (SSSR count). The number of amides is 1. The summed E-state index contributed by atoms with van der Waals surface area (Å²) in [6.07, 6.45) is 3.21. The summed E-state index contributed by atoms with van der Waals surface area (Å²) in [5.41, 5.74) is 0.0233. The Morgan fingerprint density at radius 2 is 2.12 bits per heavy atom. The van der Waals surface area contributed by atoms with Gasteiger partial charge in [-0.1, -0.05) is 12.1 Å². The van der Waals surface area contributed by atoms with Crippen molar-refractivity contribution in [3.63, 3.8) is 0 Å². The van der Waals surface area contributed by atoms with E-state index in [-0.39, 0.29) is 17.8 Å². The fraction of sp³-hybridized carbons (Fsp3) is 0.444. The first-order chi connectivity index (χ1) is 12.3. The Balaban J connectivity index is 1.45. The van der Waals surface area contributed by atoms with Crippen LogP contribution in [0.3, 0.4) is 0 Å². The molecule has 0 aromatic heterocycles. The molecule has 2 aliphatic heterocycles. The molecular weight excluding hydrogens is 322 g/mol. The summed E-state index contributed by atoms with van der Waals surface area (Å²) in [4.78, 5) is 12.0. The fourth-order valence-corrected chi connectivity index (χ4v) is 2.71. The molecule has 0 spiro atoms. The second kappa shape index (κ2) is 8.40. The number of hydrogen-bond donors (Lipinski definition) is 2. The van der Waals surface area contributed by atoms with Gasteiger partial charge in [-0.2, -0.15) is 5.26 Å². The minimum atomic E-state index is -0.406. The Hall–Kier alpha value is -2.72. The highest BCUT2D eigenvalue weighted by molar-refractivity contribution is 5.97. The maximum atomic E-state index is 12.0. The average Bonchev–Trinajstić information content (AvgIpc) is 3.17. The third-order valence-corrected chi connectivity index (χ3v) is 4.04. The van der Waals surface area contributed by atoms with Crippen molar-refractivity contribution in [2.45, 2.75) is 25.0 Å². The quantitative estimate of drug-likeness (QED) is 0.594. The van der Waals surface area contributed by atoms with Gasteiger partial charge in [0.1, 0.15) is 24.4 Å². The van der Waals surface area contributed by atoms with Crippen molar-refractivity contribution in [3.8, 4) is 17.6 Å². The molecule has 2 atom stereocenters. The molecule has 2 heterocycles. The van der Waals surface area contributed by atoms with Gasteiger partial charge in [0.2, 0.25) is 0 Å². The molecule has 0 saturated carbocycles. The molecule has 2 N–H and O–H groups in total. The van der Waals surface area contributed by atoms with Gasteiger partial charge in [0.05, 0.1) is 12.6 Å². The van der Waals surface area contributed by atoms with E-state index in [0.29, 0.717) is 25.4 Å². The van der Waals surface area contributed by atoms with E-state index in [1.807, 2.05) is 30.3 Å². The zero-order valence-electron chi connectivity index (χ0n) is 13.9. The third-order valence-electron chi connectivity index (χ3n) is 4.04. The van der Waals surface area contributed by atoms with Crippen molar-refractivity contribution < 1.29 is 19.0 Å². The summed E-state index contributed by atoms with van der Waals surface area (Å²) in [6, 6.07) is 9.37. The van der Waals surface area contributed by atoms with Crippen LogP contribution in [-0.2, 0) is 9.53 Å². The van der Waals surface area contributed by atoms with Gasteiger partial charge in [-0.3, -0.25) is 4.79 Å². The van der Waals surface area contributed by atoms with Gasteiger partial charge in [-0.25, -0.2) is 0 Å². The van der Waals surface area contributed by atoms with Crippen LogP contribution in [0.25, 0.3) is 0 Å². The summed E-state index contributed by atoms with van der Waals surface area (Å²) in [5.74, 6) is 1.01. The third kappa shape index (κ3) is 4.64. The number of nitriles is 1. The Bertz CT molecular complexity index is 677. The first kappa shape index (κ1) is 17.1. The molecular formula is C18H21N3O4. The normalized spacial score (nSPS) is 22.1. The maximum absolute atomic E-state index is 12.0. The van der Waals surface area contributed by atoms with Gasteiger partial charge in [-0.05, 0) is 25.0 Å². The largest absolute Gasteiger partial charge is 0.486 e. The predicted molar refractivity (Wildman–Crippen MR) is 90.0 cm³/mol. The van der Waals surface area contributed by atoms with Crippen LogP contribution >= 0.6 is 0 Å². The summed E-state index contributed by atoms with van der Waals surface area (Å²) < 4.78 is 16.9. The van der Waals surface area contributed by atoms with Crippen molar-refractivity contribution >= 4 is 5.91 Å². The van der Waals surface area contributed by atoms with Crippen LogP contribution in [0.4, 0.5) is 0 Å². The lowest BCUT2D eigenvalue weighted by molar-refractivity contribution is -0.117. The topological polar surface area (TPSA) is 92.6 Å². The molecule has 2 unspecified atom stereocenters. The minimum Gasteiger partial charge on any atom is -0.486 e. The molecule has 132 valence electrons. The lowest BCUT2D eigenvalue weighted by Crippen LogP contribution is -2.37. The van der Waals surface area contributed by atoms with Crippen LogP contribution in [0.5, 0.6) is 11.5 Å². The molecule has 1 aromatic carbocycles. The standard InChI is InChI=1S/C18H21N3O4/c19-8-13(18(22)21-11-14-4-3-7-23-14)9-20-10-15-12-24-16-5-1-2-6-17(16)25-15/h1-2,5-6,9,14-15,20H,3-4,7,10-12H2,(H,21,22)/b13-9-. The summed E-state index contributed by atoms with van der Waals surface area (Å²) in [7, 11) is 0. The van der Waals surface area contributed by atoms with E-state index >= 15 is 0 Å². The minimum absolute atomic E-state index is 0.0233. The van der Waals surface area contributed by atoms with Crippen LogP contribution < -0.4 is 20.1 Å². The van der Waals surface area contributed by atoms with Gasteiger partial charge in [0.15, 0.2) is 11.5 Å². The van der Waals surface area contributed by atoms with Crippen molar-refractivity contribution in [1.82, 2.24) is 10.6 Å². The summed E-state index contributed by atoms with van der Waals surface area (Å²) >= 11 is 0. The van der Waals surface area contributed by atoms with Crippen LogP contribution in [0.2, 0.25) is 0 Å². The number of carbonyl (C=O) groups is 1. The van der Waals surface area contributed by atoms with E-state index < -0.39 is 5.91 Å². The van der Waals surface area contributed by atoms with Gasteiger partial charge >= 0.3 is 0 Å². The number of nitrogens with one attached hydrogen (secondary N) is 2. The Morgan fingerprint density at radius 1 is 1.28 bits per heavy atom. The molecule has 0 bridgehead atoms. The summed E-state index contributed by atoms with van der Waals surface area (Å²) in [5, 5.41) is 14.8. The van der Waals surface area contributed by atoms with E-state index in [9.17, 15) is 4.79 Å². The Morgan fingerprint density at radius 3 is 2.88 bits per heavy atom. The fourth-order valence-electron chi connectivity index (χ4n) is 2.71. The van der Waals surface area contributed by atoms with Gasteiger partial charge in [-0.15, -0.1) is 0 Å². The Kier molecular flexibility index (Phi) is 5.75. The highest BCUT2D eigenvalue weighted by Gasteiger charge is 2.20. The van der Waals surface area contributed by atoms with Crippen molar-refractivity contribution in [1.29, 1.82) is 5.26 Å². The molecule has 25 heavy (non-hydrogen) atoms. The van der Waals surface area contributed by atoms with Crippen molar-refractivity contribution in [2.24, 2.45) is 0 Å². The number of carbonyl (C=O) groups excluding carboxylic acids is 1. The van der Waals surface area contributed by atoms with Gasteiger partial charge in [0, 0.05) is 19.4 Å². The maximum Gasteiger partial charge on any atom is 0.263 e. The van der Waals surface area contributed by atoms with Gasteiger partial charge < -0.3 is 24.8 Å². The van der Waals surface area contributed by atoms with E-state index in [4.69, 9.17) is 19.5 Å². The SMILES string of the molecule is N#C/C(=C/NCC1COc2ccccc2O1)C(=O)NCC1CCCO1. The van der Waals surface area contributed by atoms with E-state index in [2.05, 4.69) is 10.6 Å². The molecule has 2 aliphatic rings. The number of para-hydroxylation sites is 2. The smallest absolute Gasteiger partial charge is 0.263 e. The number of fused-ring (bicyclic) bond motifs is 1. The van der Waals surface area contributed by atoms with Crippen LogP contribution in [0.15, 0.2) is 36.0 Å². The monoisotopic (exact) mass is 343 g/mol. The second-order valence-corrected chi connectivity index (χ2v) is 5.92. The second-order valence-electron chi connectivity index (χ2n) is 5.92. The highest BCUT2D eigenvalue weighted by Crippen LogP contribution is 2.30. The highest BCUT2D eigenvalue weighted by atomic mass is 16.6. The average molecular weight is 343 g/mol. The summed E-state index contributed by atoms with van der Waals surface area (Å²) in [6.45, 7) is 1.99. The Labute approximate surface area is 146 Å².